The lowest BCUT2D eigenvalue weighted by Crippen LogP contribution is -2.44. The smallest absolute Gasteiger partial charge is 0.241 e. The summed E-state index contributed by atoms with van der Waals surface area (Å²) in [6.45, 7) is 2.49. The van der Waals surface area contributed by atoms with Crippen LogP contribution in [0.1, 0.15) is 57.4 Å². The van der Waals surface area contributed by atoms with E-state index in [0.717, 1.165) is 17.0 Å². The second-order valence-corrected chi connectivity index (χ2v) is 7.72. The largest absolute Gasteiger partial charge is 0.489 e. The second kappa shape index (κ2) is 10.9. The molecule has 0 aliphatic heterocycles. The van der Waals surface area contributed by atoms with Crippen molar-refractivity contribution in [2.45, 2.75) is 70.6 Å². The van der Waals surface area contributed by atoms with Gasteiger partial charge in [-0.25, -0.2) is 0 Å². The first-order valence-electron chi connectivity index (χ1n) is 10.5. The maximum Gasteiger partial charge on any atom is 0.241 e. The van der Waals surface area contributed by atoms with Gasteiger partial charge < -0.3 is 15.4 Å². The SMILES string of the molecule is C[C@H](NC1CCCCCCC1)C(=O)Nc1ccc(OCc2ccccc2)cc1. The van der Waals surface area contributed by atoms with Crippen LogP contribution in [0, 0.1) is 0 Å². The van der Waals surface area contributed by atoms with Crippen LogP contribution in [-0.2, 0) is 11.4 Å². The first-order valence-corrected chi connectivity index (χ1v) is 10.5. The van der Waals surface area contributed by atoms with Crippen molar-refractivity contribution in [1.29, 1.82) is 0 Å². The summed E-state index contributed by atoms with van der Waals surface area (Å²) in [7, 11) is 0. The van der Waals surface area contributed by atoms with Crippen LogP contribution in [0.15, 0.2) is 54.6 Å². The predicted molar refractivity (Wildman–Crippen MR) is 115 cm³/mol. The van der Waals surface area contributed by atoms with Crippen LogP contribution in [0.4, 0.5) is 5.69 Å². The van der Waals surface area contributed by atoms with Gasteiger partial charge in [-0.3, -0.25) is 4.79 Å². The van der Waals surface area contributed by atoms with E-state index in [0.29, 0.717) is 12.6 Å². The molecule has 0 spiro atoms. The molecule has 2 aromatic carbocycles. The topological polar surface area (TPSA) is 50.4 Å². The van der Waals surface area contributed by atoms with Crippen molar-refractivity contribution in [2.75, 3.05) is 5.32 Å². The Morgan fingerprint density at radius 3 is 2.29 bits per heavy atom. The summed E-state index contributed by atoms with van der Waals surface area (Å²) in [5, 5.41) is 6.52. The van der Waals surface area contributed by atoms with Gasteiger partial charge in [0.25, 0.3) is 0 Å². The van der Waals surface area contributed by atoms with Crippen molar-refractivity contribution >= 4 is 11.6 Å². The Hall–Kier alpha value is -2.33. The molecule has 0 aromatic heterocycles. The van der Waals surface area contributed by atoms with Crippen LogP contribution in [0.3, 0.4) is 0 Å². The van der Waals surface area contributed by atoms with E-state index in [-0.39, 0.29) is 11.9 Å². The minimum absolute atomic E-state index is 0.0139. The number of rotatable bonds is 7. The van der Waals surface area contributed by atoms with Gasteiger partial charge in [0.2, 0.25) is 5.91 Å². The van der Waals surface area contributed by atoms with E-state index in [1.807, 2.05) is 61.5 Å². The number of hydrogen-bond acceptors (Lipinski definition) is 3. The number of hydrogen-bond donors (Lipinski definition) is 2. The zero-order chi connectivity index (χ0) is 19.6. The lowest BCUT2D eigenvalue weighted by Gasteiger charge is -2.24. The molecule has 1 fully saturated rings. The van der Waals surface area contributed by atoms with Gasteiger partial charge in [-0.15, -0.1) is 0 Å². The highest BCUT2D eigenvalue weighted by Gasteiger charge is 2.18. The fraction of sp³-hybridized carbons (Fsp3) is 0.458. The molecule has 2 aromatic rings. The number of benzene rings is 2. The normalized spacial score (nSPS) is 16.6. The van der Waals surface area contributed by atoms with Crippen LogP contribution < -0.4 is 15.4 Å². The van der Waals surface area contributed by atoms with E-state index in [9.17, 15) is 4.79 Å². The van der Waals surface area contributed by atoms with Crippen molar-refractivity contribution in [3.8, 4) is 5.75 Å². The maximum atomic E-state index is 12.5. The van der Waals surface area contributed by atoms with E-state index in [1.165, 1.54) is 44.9 Å². The molecular weight excluding hydrogens is 348 g/mol. The zero-order valence-corrected chi connectivity index (χ0v) is 16.8. The number of anilines is 1. The fourth-order valence-electron chi connectivity index (χ4n) is 3.68. The minimum Gasteiger partial charge on any atom is -0.489 e. The first-order chi connectivity index (χ1) is 13.7. The zero-order valence-electron chi connectivity index (χ0n) is 16.8. The minimum atomic E-state index is -0.196. The molecule has 150 valence electrons. The molecule has 2 N–H and O–H groups in total. The van der Waals surface area contributed by atoms with Crippen molar-refractivity contribution < 1.29 is 9.53 Å². The maximum absolute atomic E-state index is 12.5. The van der Waals surface area contributed by atoms with Crippen LogP contribution in [0.25, 0.3) is 0 Å². The summed E-state index contributed by atoms with van der Waals surface area (Å²) in [6, 6.07) is 17.9. The van der Waals surface area contributed by atoms with Gasteiger partial charge in [-0.2, -0.15) is 0 Å². The quantitative estimate of drug-likeness (QED) is 0.686. The Morgan fingerprint density at radius 1 is 0.964 bits per heavy atom. The number of ether oxygens (including phenoxy) is 1. The van der Waals surface area contributed by atoms with Gasteiger partial charge in [-0.1, -0.05) is 62.4 Å². The Kier molecular flexibility index (Phi) is 7.92. The summed E-state index contributed by atoms with van der Waals surface area (Å²) in [4.78, 5) is 12.5. The molecule has 0 radical (unpaired) electrons. The summed E-state index contributed by atoms with van der Waals surface area (Å²) in [5.74, 6) is 0.808. The molecule has 1 aliphatic carbocycles. The molecule has 4 nitrogen and oxygen atoms in total. The van der Waals surface area contributed by atoms with Crippen molar-refractivity contribution in [3.05, 3.63) is 60.2 Å². The van der Waals surface area contributed by atoms with Crippen molar-refractivity contribution in [3.63, 3.8) is 0 Å². The Morgan fingerprint density at radius 2 is 1.61 bits per heavy atom. The third kappa shape index (κ3) is 6.68. The molecule has 0 saturated heterocycles. The Bertz CT molecular complexity index is 707. The van der Waals surface area contributed by atoms with E-state index < -0.39 is 0 Å². The fourth-order valence-corrected chi connectivity index (χ4v) is 3.68. The van der Waals surface area contributed by atoms with Crippen molar-refractivity contribution in [1.82, 2.24) is 5.32 Å². The highest BCUT2D eigenvalue weighted by Crippen LogP contribution is 2.19. The predicted octanol–water partition coefficient (Wildman–Crippen LogP) is 5.30. The van der Waals surface area contributed by atoms with E-state index in [1.54, 1.807) is 0 Å². The van der Waals surface area contributed by atoms with Gasteiger partial charge in [0.1, 0.15) is 12.4 Å². The molecule has 0 heterocycles. The molecule has 0 unspecified atom stereocenters. The summed E-state index contributed by atoms with van der Waals surface area (Å²) in [5.41, 5.74) is 1.93. The highest BCUT2D eigenvalue weighted by atomic mass is 16.5. The molecule has 1 aliphatic rings. The van der Waals surface area contributed by atoms with Crippen LogP contribution in [0.2, 0.25) is 0 Å². The molecule has 4 heteroatoms. The van der Waals surface area contributed by atoms with Crippen LogP contribution in [-0.4, -0.2) is 18.0 Å². The van der Waals surface area contributed by atoms with Gasteiger partial charge in [0, 0.05) is 11.7 Å². The third-order valence-electron chi connectivity index (χ3n) is 5.35. The summed E-state index contributed by atoms with van der Waals surface area (Å²) >= 11 is 0. The highest BCUT2D eigenvalue weighted by molar-refractivity contribution is 5.94. The third-order valence-corrected chi connectivity index (χ3v) is 5.35. The number of amides is 1. The van der Waals surface area contributed by atoms with Gasteiger partial charge in [0.05, 0.1) is 6.04 Å². The van der Waals surface area contributed by atoms with Gasteiger partial charge in [-0.05, 0) is 49.6 Å². The van der Waals surface area contributed by atoms with Gasteiger partial charge in [0.15, 0.2) is 0 Å². The monoisotopic (exact) mass is 380 g/mol. The van der Waals surface area contributed by atoms with Crippen LogP contribution in [0.5, 0.6) is 5.75 Å². The Balaban J connectivity index is 1.45. The summed E-state index contributed by atoms with van der Waals surface area (Å²) in [6.07, 6.45) is 8.85. The first kappa shape index (κ1) is 20.4. The molecule has 0 bridgehead atoms. The number of nitrogens with one attached hydrogen (secondary N) is 2. The van der Waals surface area contributed by atoms with Gasteiger partial charge >= 0.3 is 0 Å². The lowest BCUT2D eigenvalue weighted by molar-refractivity contribution is -0.118. The summed E-state index contributed by atoms with van der Waals surface area (Å²) < 4.78 is 5.80. The number of carbonyl (C=O) groups is 1. The number of carbonyl (C=O) groups excluding carboxylic acids is 1. The molecule has 1 saturated carbocycles. The molecular formula is C24H32N2O2. The van der Waals surface area contributed by atoms with Crippen LogP contribution >= 0.6 is 0 Å². The second-order valence-electron chi connectivity index (χ2n) is 7.72. The molecule has 1 atom stereocenters. The van der Waals surface area contributed by atoms with E-state index in [2.05, 4.69) is 10.6 Å². The Labute approximate surface area is 168 Å². The average molecular weight is 381 g/mol. The van der Waals surface area contributed by atoms with E-state index >= 15 is 0 Å². The van der Waals surface area contributed by atoms with E-state index in [4.69, 9.17) is 4.74 Å². The standard InChI is InChI=1S/C24H32N2O2/c1-19(25-21-12-8-3-2-4-9-13-21)24(27)26-22-14-16-23(17-15-22)28-18-20-10-6-5-7-11-20/h5-7,10-11,14-17,19,21,25H,2-4,8-9,12-13,18H2,1H3,(H,26,27)/t19-/m0/s1. The molecule has 28 heavy (non-hydrogen) atoms. The average Bonchev–Trinajstić information content (AvgIpc) is 2.70. The lowest BCUT2D eigenvalue weighted by atomic mass is 9.96. The van der Waals surface area contributed by atoms with Crippen molar-refractivity contribution in [2.24, 2.45) is 0 Å². The molecule has 3 rings (SSSR count). The molecule has 1 amide bonds.